The number of nitrogens with zero attached hydrogens (tertiary/aromatic N) is 3. The lowest BCUT2D eigenvalue weighted by molar-refractivity contribution is 0.627. The van der Waals surface area contributed by atoms with Crippen LogP contribution < -0.4 is 16.0 Å². The summed E-state index contributed by atoms with van der Waals surface area (Å²) in [4.78, 5) is 13.0. The molecule has 0 saturated carbocycles. The quantitative estimate of drug-likeness (QED) is 0.244. The summed E-state index contributed by atoms with van der Waals surface area (Å²) in [6, 6.07) is 8.63. The van der Waals surface area contributed by atoms with Gasteiger partial charge in [-0.2, -0.15) is 5.10 Å². The molecule has 8 rings (SSSR count). The fourth-order valence-electron chi connectivity index (χ4n) is 4.98. The first-order valence-electron chi connectivity index (χ1n) is 13.5. The highest BCUT2D eigenvalue weighted by molar-refractivity contribution is 7.09. The number of hydrogen-bond donors (Lipinski definition) is 5. The van der Waals surface area contributed by atoms with Gasteiger partial charge in [-0.1, -0.05) is 24.3 Å². The van der Waals surface area contributed by atoms with E-state index < -0.39 is 0 Å². The smallest absolute Gasteiger partial charge is 0.0925 e. The molecular weight excluding hydrogens is 480 g/mol. The first-order chi connectivity index (χ1) is 18.4. The predicted molar refractivity (Wildman–Crippen MR) is 149 cm³/mol. The zero-order valence-electron chi connectivity index (χ0n) is 21.5. The summed E-state index contributed by atoms with van der Waals surface area (Å²) >= 11 is 1.81. The van der Waals surface area contributed by atoms with Crippen LogP contribution in [0.25, 0.3) is 0 Å². The highest BCUT2D eigenvalue weighted by Gasteiger charge is 2.11. The molecule has 196 valence electrons. The van der Waals surface area contributed by atoms with Crippen molar-refractivity contribution >= 4 is 11.3 Å². The zero-order valence-corrected chi connectivity index (χ0v) is 22.3. The monoisotopic (exact) mass is 518 g/mol. The average Bonchev–Trinajstić information content (AvgIpc) is 3.75. The van der Waals surface area contributed by atoms with Gasteiger partial charge in [0.05, 0.1) is 40.8 Å². The van der Waals surface area contributed by atoms with Crippen molar-refractivity contribution in [3.8, 4) is 0 Å². The first-order valence-corrected chi connectivity index (χ1v) is 14.4. The van der Waals surface area contributed by atoms with Crippen molar-refractivity contribution in [3.63, 3.8) is 0 Å². The number of thiazole rings is 1. The Balaban J connectivity index is 0.000000101. The number of benzene rings is 1. The van der Waals surface area contributed by atoms with Gasteiger partial charge in [-0.05, 0) is 68.3 Å². The van der Waals surface area contributed by atoms with Crippen LogP contribution in [-0.2, 0) is 51.7 Å². The van der Waals surface area contributed by atoms with Gasteiger partial charge in [0, 0.05) is 37.5 Å². The molecule has 0 radical (unpaired) electrons. The van der Waals surface area contributed by atoms with Crippen LogP contribution in [0.2, 0.25) is 0 Å². The van der Waals surface area contributed by atoms with Gasteiger partial charge in [0.1, 0.15) is 0 Å². The summed E-state index contributed by atoms with van der Waals surface area (Å²) in [6.45, 7) is 6.25. The van der Waals surface area contributed by atoms with E-state index in [1.165, 1.54) is 76.4 Å². The summed E-state index contributed by atoms with van der Waals surface area (Å²) in [6.07, 6.45) is 12.3. The SMILES string of the molecule is c1ccc2c(c1)CCNC2.c1n[nH]c2c1CCNC2.c1nc2c([nH]1)CNCC2.c1nc2c(s1)CCCC2. The Morgan fingerprint density at radius 3 is 2.24 bits per heavy atom. The number of hydrogen-bond acceptors (Lipinski definition) is 7. The molecule has 3 aliphatic heterocycles. The van der Waals surface area contributed by atoms with Crippen LogP contribution >= 0.6 is 11.3 Å². The molecule has 5 N–H and O–H groups in total. The van der Waals surface area contributed by atoms with Crippen molar-refractivity contribution in [3.05, 3.63) is 86.6 Å². The van der Waals surface area contributed by atoms with Gasteiger partial charge in [0.2, 0.25) is 0 Å². The topological polar surface area (TPSA) is 106 Å². The number of rotatable bonds is 0. The molecule has 0 bridgehead atoms. The van der Waals surface area contributed by atoms with E-state index in [1.54, 1.807) is 6.33 Å². The van der Waals surface area contributed by atoms with Gasteiger partial charge in [-0.15, -0.1) is 11.3 Å². The van der Waals surface area contributed by atoms with Gasteiger partial charge in [-0.25, -0.2) is 9.97 Å². The Labute approximate surface area is 223 Å². The van der Waals surface area contributed by atoms with Crippen LogP contribution in [0.15, 0.2) is 42.3 Å². The minimum Gasteiger partial charge on any atom is -0.347 e. The maximum Gasteiger partial charge on any atom is 0.0925 e. The normalized spacial score (nSPS) is 17.1. The van der Waals surface area contributed by atoms with Crippen molar-refractivity contribution in [2.24, 2.45) is 0 Å². The molecule has 0 amide bonds. The lowest BCUT2D eigenvalue weighted by Crippen LogP contribution is -2.23. The van der Waals surface area contributed by atoms with E-state index in [4.69, 9.17) is 0 Å². The highest BCUT2D eigenvalue weighted by Crippen LogP contribution is 2.22. The molecule has 0 atom stereocenters. The first kappa shape index (κ1) is 25.8. The van der Waals surface area contributed by atoms with Gasteiger partial charge in [0.25, 0.3) is 0 Å². The molecule has 1 aliphatic carbocycles. The lowest BCUT2D eigenvalue weighted by atomic mass is 10.0. The third kappa shape index (κ3) is 7.35. The summed E-state index contributed by atoms with van der Waals surface area (Å²) in [5, 5.41) is 16.7. The molecule has 9 heteroatoms. The zero-order chi connectivity index (χ0) is 25.1. The van der Waals surface area contributed by atoms with E-state index in [1.807, 2.05) is 23.0 Å². The van der Waals surface area contributed by atoms with Crippen LogP contribution in [0.4, 0.5) is 0 Å². The fourth-order valence-corrected chi connectivity index (χ4v) is 5.84. The summed E-state index contributed by atoms with van der Waals surface area (Å²) in [5.41, 5.74) is 11.4. The van der Waals surface area contributed by atoms with Crippen LogP contribution in [0.1, 0.15) is 57.2 Å². The van der Waals surface area contributed by atoms with Crippen LogP contribution in [0.5, 0.6) is 0 Å². The standard InChI is InChI=1S/C9H11N.C7H9NS.2C6H9N3/c1-2-4-9-7-10-6-5-8(9)3-1;1-2-4-7-6(3-1)8-5-9-7;1-2-7-3-6-5(1)8-4-9-6;1-2-7-4-6-5(1)3-8-9-6/h1-4,10H,5-7H2;5H,1-4H2;4,7H,1-3H2,(H,8,9);3,7H,1-2,4H2,(H,8,9). The Morgan fingerprint density at radius 1 is 0.676 bits per heavy atom. The third-order valence-electron chi connectivity index (χ3n) is 7.13. The number of nitrogens with one attached hydrogen (secondary N) is 5. The second kappa shape index (κ2) is 13.6. The molecular formula is C28H38N8S. The van der Waals surface area contributed by atoms with E-state index in [0.29, 0.717) is 0 Å². The van der Waals surface area contributed by atoms with Crippen LogP contribution in [0.3, 0.4) is 0 Å². The number of H-pyrrole nitrogens is 2. The molecule has 0 fully saturated rings. The largest absolute Gasteiger partial charge is 0.347 e. The van der Waals surface area contributed by atoms with Crippen LogP contribution in [0, 0.1) is 0 Å². The second-order valence-corrected chi connectivity index (χ2v) is 10.6. The molecule has 37 heavy (non-hydrogen) atoms. The van der Waals surface area contributed by atoms with E-state index in [-0.39, 0.29) is 0 Å². The number of aromatic amines is 2. The van der Waals surface area contributed by atoms with E-state index >= 15 is 0 Å². The summed E-state index contributed by atoms with van der Waals surface area (Å²) in [7, 11) is 0. The van der Waals surface area contributed by atoms with Crippen LogP contribution in [-0.4, -0.2) is 44.8 Å². The van der Waals surface area contributed by atoms with Crippen molar-refractivity contribution in [1.29, 1.82) is 0 Å². The minimum atomic E-state index is 0.954. The van der Waals surface area contributed by atoms with Gasteiger partial charge >= 0.3 is 0 Å². The summed E-state index contributed by atoms with van der Waals surface area (Å²) < 4.78 is 0. The minimum absolute atomic E-state index is 0.954. The number of fused-ring (bicyclic) bond motifs is 4. The van der Waals surface area contributed by atoms with E-state index in [2.05, 4.69) is 65.4 Å². The third-order valence-corrected chi connectivity index (χ3v) is 8.06. The number of imidazole rings is 1. The highest BCUT2D eigenvalue weighted by atomic mass is 32.1. The van der Waals surface area contributed by atoms with Crippen molar-refractivity contribution < 1.29 is 0 Å². The Kier molecular flexibility index (Phi) is 9.49. The van der Waals surface area contributed by atoms with Crippen molar-refractivity contribution in [2.75, 3.05) is 19.6 Å². The molecule has 6 heterocycles. The summed E-state index contributed by atoms with van der Waals surface area (Å²) in [5.74, 6) is 0. The van der Waals surface area contributed by atoms with Crippen molar-refractivity contribution in [2.45, 2.75) is 64.6 Å². The Hall–Kier alpha value is -2.85. The molecule has 1 aromatic carbocycles. The van der Waals surface area contributed by atoms with Gasteiger partial charge in [0.15, 0.2) is 0 Å². The van der Waals surface area contributed by atoms with Gasteiger partial charge in [-0.3, -0.25) is 5.10 Å². The predicted octanol–water partition coefficient (Wildman–Crippen LogP) is 3.47. The van der Waals surface area contributed by atoms with Gasteiger partial charge < -0.3 is 20.9 Å². The molecule has 0 saturated heterocycles. The fraction of sp³-hybridized carbons (Fsp3) is 0.464. The Bertz CT molecular complexity index is 1030. The maximum absolute atomic E-state index is 4.28. The Morgan fingerprint density at radius 2 is 1.43 bits per heavy atom. The maximum atomic E-state index is 4.28. The molecule has 8 nitrogen and oxygen atoms in total. The number of aryl methyl sites for hydroxylation is 2. The average molecular weight is 519 g/mol. The van der Waals surface area contributed by atoms with E-state index in [0.717, 1.165) is 52.1 Å². The lowest BCUT2D eigenvalue weighted by Gasteiger charge is -2.15. The molecule has 4 aliphatic rings. The molecule has 4 aromatic rings. The number of aromatic nitrogens is 5. The molecule has 0 spiro atoms. The molecule has 3 aromatic heterocycles. The molecule has 0 unspecified atom stereocenters. The second-order valence-electron chi connectivity index (χ2n) is 9.68. The van der Waals surface area contributed by atoms with Crippen molar-refractivity contribution in [1.82, 2.24) is 41.1 Å². The van der Waals surface area contributed by atoms with E-state index in [9.17, 15) is 0 Å².